The third kappa shape index (κ3) is 6.02. The van der Waals surface area contributed by atoms with Gasteiger partial charge in [0.05, 0.1) is 0 Å². The molecule has 0 aliphatic rings. The van der Waals surface area contributed by atoms with Crippen molar-refractivity contribution in [3.8, 4) is 0 Å². The molecule has 0 spiro atoms. The Morgan fingerprint density at radius 1 is 1.33 bits per heavy atom. The summed E-state index contributed by atoms with van der Waals surface area (Å²) in [7, 11) is 0. The van der Waals surface area contributed by atoms with Crippen LogP contribution < -0.4 is 5.32 Å². The molecule has 1 nitrogen and oxygen atoms in total. The van der Waals surface area contributed by atoms with E-state index < -0.39 is 0 Å². The van der Waals surface area contributed by atoms with Crippen molar-refractivity contribution < 1.29 is 0 Å². The van der Waals surface area contributed by atoms with Gasteiger partial charge in [0.25, 0.3) is 0 Å². The Hall–Kier alpha value is -1.08. The van der Waals surface area contributed by atoms with E-state index in [1.807, 2.05) is 0 Å². The third-order valence-electron chi connectivity index (χ3n) is 3.28. The minimum atomic E-state index is 0.618. The second-order valence-electron chi connectivity index (χ2n) is 5.28. The van der Waals surface area contributed by atoms with Crippen molar-refractivity contribution in [2.75, 3.05) is 6.54 Å². The maximum Gasteiger partial charge on any atom is 0.00731 e. The highest BCUT2D eigenvalue weighted by atomic mass is 14.9. The van der Waals surface area contributed by atoms with Crippen molar-refractivity contribution in [1.82, 2.24) is 5.32 Å². The first-order valence-electron chi connectivity index (χ1n) is 7.05. The SMILES string of the molecule is C=C(C)CCC(CCc1cccc(C)c1)NCC. The van der Waals surface area contributed by atoms with Crippen LogP contribution in [0.2, 0.25) is 0 Å². The fraction of sp³-hybridized carbons (Fsp3) is 0.529. The number of nitrogens with one attached hydrogen (secondary N) is 1. The van der Waals surface area contributed by atoms with E-state index in [1.165, 1.54) is 29.5 Å². The maximum absolute atomic E-state index is 3.99. The van der Waals surface area contributed by atoms with Gasteiger partial charge in [-0.25, -0.2) is 0 Å². The second-order valence-corrected chi connectivity index (χ2v) is 5.28. The van der Waals surface area contributed by atoms with Gasteiger partial charge in [-0.3, -0.25) is 0 Å². The summed E-state index contributed by atoms with van der Waals surface area (Å²) in [5.41, 5.74) is 4.09. The summed E-state index contributed by atoms with van der Waals surface area (Å²) in [5, 5.41) is 3.58. The van der Waals surface area contributed by atoms with E-state index in [0.29, 0.717) is 6.04 Å². The van der Waals surface area contributed by atoms with Crippen LogP contribution in [0.15, 0.2) is 36.4 Å². The lowest BCUT2D eigenvalue weighted by Crippen LogP contribution is -2.29. The first-order valence-corrected chi connectivity index (χ1v) is 7.05. The molecule has 0 amide bonds. The van der Waals surface area contributed by atoms with E-state index in [0.717, 1.165) is 19.4 Å². The molecule has 1 rings (SSSR count). The third-order valence-corrected chi connectivity index (χ3v) is 3.28. The van der Waals surface area contributed by atoms with Crippen molar-refractivity contribution in [3.63, 3.8) is 0 Å². The molecule has 1 heteroatoms. The monoisotopic (exact) mass is 245 g/mol. The van der Waals surface area contributed by atoms with Gasteiger partial charge in [-0.15, -0.1) is 6.58 Å². The average molecular weight is 245 g/mol. The molecule has 100 valence electrons. The summed E-state index contributed by atoms with van der Waals surface area (Å²) < 4.78 is 0. The van der Waals surface area contributed by atoms with E-state index in [1.54, 1.807) is 0 Å². The molecule has 18 heavy (non-hydrogen) atoms. The Bertz CT molecular complexity index is 368. The normalized spacial score (nSPS) is 12.4. The number of hydrogen-bond acceptors (Lipinski definition) is 1. The van der Waals surface area contributed by atoms with Gasteiger partial charge in [-0.2, -0.15) is 0 Å². The molecule has 1 atom stereocenters. The molecular formula is C17H27N. The molecule has 1 unspecified atom stereocenters. The van der Waals surface area contributed by atoms with Crippen molar-refractivity contribution in [2.24, 2.45) is 0 Å². The lowest BCUT2D eigenvalue weighted by molar-refractivity contribution is 0.464. The molecule has 0 aromatic heterocycles. The molecule has 0 aliphatic heterocycles. The predicted molar refractivity (Wildman–Crippen MR) is 81.0 cm³/mol. The van der Waals surface area contributed by atoms with Crippen molar-refractivity contribution in [2.45, 2.75) is 52.5 Å². The zero-order valence-electron chi connectivity index (χ0n) is 12.1. The van der Waals surface area contributed by atoms with Gasteiger partial charge in [-0.05, 0) is 51.6 Å². The summed E-state index contributed by atoms with van der Waals surface area (Å²) in [6.07, 6.45) is 4.71. The molecule has 0 fully saturated rings. The Balaban J connectivity index is 2.43. The van der Waals surface area contributed by atoms with Crippen LogP contribution in [0.5, 0.6) is 0 Å². The minimum Gasteiger partial charge on any atom is -0.314 e. The predicted octanol–water partition coefficient (Wildman–Crippen LogP) is 4.26. The standard InChI is InChI=1S/C17H27N/c1-5-18-17(11-9-14(2)3)12-10-16-8-6-7-15(4)13-16/h6-8,13,17-18H,2,5,9-12H2,1,3-4H3. The number of hydrogen-bond donors (Lipinski definition) is 1. The molecule has 0 aliphatic carbocycles. The zero-order chi connectivity index (χ0) is 13.4. The van der Waals surface area contributed by atoms with Crippen LogP contribution in [-0.2, 0) is 6.42 Å². The van der Waals surface area contributed by atoms with Crippen LogP contribution in [0.25, 0.3) is 0 Å². The van der Waals surface area contributed by atoms with Crippen molar-refractivity contribution >= 4 is 0 Å². The van der Waals surface area contributed by atoms with Gasteiger partial charge in [0.15, 0.2) is 0 Å². The molecule has 0 bridgehead atoms. The lowest BCUT2D eigenvalue weighted by atomic mass is 9.99. The van der Waals surface area contributed by atoms with Gasteiger partial charge in [0.1, 0.15) is 0 Å². The topological polar surface area (TPSA) is 12.0 Å². The van der Waals surface area contributed by atoms with Gasteiger partial charge in [0.2, 0.25) is 0 Å². The first-order chi connectivity index (χ1) is 8.61. The van der Waals surface area contributed by atoms with Crippen LogP contribution >= 0.6 is 0 Å². The Kier molecular flexibility index (Phi) is 6.74. The average Bonchev–Trinajstić information content (AvgIpc) is 2.32. The minimum absolute atomic E-state index is 0.618. The highest BCUT2D eigenvalue weighted by Gasteiger charge is 2.07. The molecule has 0 heterocycles. The van der Waals surface area contributed by atoms with Gasteiger partial charge in [0, 0.05) is 6.04 Å². The molecule has 1 aromatic carbocycles. The Labute approximate surface area is 112 Å². The number of aryl methyl sites for hydroxylation is 2. The van der Waals surface area contributed by atoms with Crippen LogP contribution in [-0.4, -0.2) is 12.6 Å². The van der Waals surface area contributed by atoms with Crippen LogP contribution in [0, 0.1) is 6.92 Å². The molecule has 1 N–H and O–H groups in total. The van der Waals surface area contributed by atoms with Gasteiger partial charge >= 0.3 is 0 Å². The second kappa shape index (κ2) is 8.10. The smallest absolute Gasteiger partial charge is 0.00731 e. The van der Waals surface area contributed by atoms with E-state index in [9.17, 15) is 0 Å². The Morgan fingerprint density at radius 3 is 2.72 bits per heavy atom. The quantitative estimate of drug-likeness (QED) is 0.675. The first kappa shape index (κ1) is 15.0. The lowest BCUT2D eigenvalue weighted by Gasteiger charge is -2.18. The number of benzene rings is 1. The fourth-order valence-corrected chi connectivity index (χ4v) is 2.27. The molecular weight excluding hydrogens is 218 g/mol. The molecule has 0 radical (unpaired) electrons. The van der Waals surface area contributed by atoms with E-state index in [4.69, 9.17) is 0 Å². The van der Waals surface area contributed by atoms with E-state index >= 15 is 0 Å². The number of rotatable bonds is 8. The van der Waals surface area contributed by atoms with Crippen molar-refractivity contribution in [3.05, 3.63) is 47.5 Å². The number of allylic oxidation sites excluding steroid dienone is 1. The van der Waals surface area contributed by atoms with Crippen LogP contribution in [0.3, 0.4) is 0 Å². The summed E-state index contributed by atoms with van der Waals surface area (Å²) in [4.78, 5) is 0. The van der Waals surface area contributed by atoms with Crippen LogP contribution in [0.4, 0.5) is 0 Å². The summed E-state index contributed by atoms with van der Waals surface area (Å²) in [6, 6.07) is 9.45. The van der Waals surface area contributed by atoms with E-state index in [2.05, 4.69) is 56.9 Å². The Morgan fingerprint density at radius 2 is 2.11 bits per heavy atom. The summed E-state index contributed by atoms with van der Waals surface area (Å²) >= 11 is 0. The highest BCUT2D eigenvalue weighted by Crippen LogP contribution is 2.12. The maximum atomic E-state index is 3.99. The molecule has 0 saturated carbocycles. The van der Waals surface area contributed by atoms with Crippen LogP contribution in [0.1, 0.15) is 44.2 Å². The van der Waals surface area contributed by atoms with E-state index in [-0.39, 0.29) is 0 Å². The summed E-state index contributed by atoms with van der Waals surface area (Å²) in [6.45, 7) is 11.5. The van der Waals surface area contributed by atoms with Gasteiger partial charge < -0.3 is 5.32 Å². The fourth-order valence-electron chi connectivity index (χ4n) is 2.27. The zero-order valence-corrected chi connectivity index (χ0v) is 12.1. The summed E-state index contributed by atoms with van der Waals surface area (Å²) in [5.74, 6) is 0. The molecule has 1 aromatic rings. The molecule has 0 saturated heterocycles. The van der Waals surface area contributed by atoms with Crippen molar-refractivity contribution in [1.29, 1.82) is 0 Å². The largest absolute Gasteiger partial charge is 0.314 e. The highest BCUT2D eigenvalue weighted by molar-refractivity contribution is 5.22. The van der Waals surface area contributed by atoms with Gasteiger partial charge in [-0.1, -0.05) is 42.3 Å².